The second kappa shape index (κ2) is 14.1. The SMILES string of the molecule is C=CCCCCCOCCCCCCP. The first-order valence-corrected chi connectivity index (χ1v) is 7.12. The number of hydrogen-bond donors (Lipinski definition) is 0. The zero-order valence-electron chi connectivity index (χ0n) is 10.0. The predicted octanol–water partition coefficient (Wildman–Crippen LogP) is 4.18. The number of unbranched alkanes of at least 4 members (excludes halogenated alkanes) is 6. The van der Waals surface area contributed by atoms with Crippen molar-refractivity contribution in [2.45, 2.75) is 51.4 Å². The largest absolute Gasteiger partial charge is 0.381 e. The van der Waals surface area contributed by atoms with Crippen LogP contribution in [0, 0.1) is 0 Å². The van der Waals surface area contributed by atoms with Crippen molar-refractivity contribution in [3.05, 3.63) is 12.7 Å². The van der Waals surface area contributed by atoms with Crippen molar-refractivity contribution >= 4 is 9.24 Å². The second-order valence-corrected chi connectivity index (χ2v) is 4.53. The maximum atomic E-state index is 5.56. The molecule has 1 atom stereocenters. The van der Waals surface area contributed by atoms with E-state index in [0.29, 0.717) is 0 Å². The molecule has 0 aromatic heterocycles. The van der Waals surface area contributed by atoms with Crippen LogP contribution in [0.2, 0.25) is 0 Å². The van der Waals surface area contributed by atoms with Gasteiger partial charge < -0.3 is 4.74 Å². The van der Waals surface area contributed by atoms with Crippen LogP contribution in [0.15, 0.2) is 12.7 Å². The van der Waals surface area contributed by atoms with E-state index < -0.39 is 0 Å². The van der Waals surface area contributed by atoms with E-state index in [1.54, 1.807) is 0 Å². The topological polar surface area (TPSA) is 9.23 Å². The van der Waals surface area contributed by atoms with Gasteiger partial charge in [-0.15, -0.1) is 15.8 Å². The van der Waals surface area contributed by atoms with Crippen molar-refractivity contribution < 1.29 is 4.74 Å². The molecular weight excluding hydrogens is 203 g/mol. The van der Waals surface area contributed by atoms with E-state index in [1.807, 2.05) is 6.08 Å². The van der Waals surface area contributed by atoms with Crippen molar-refractivity contribution in [3.8, 4) is 0 Å². The summed E-state index contributed by atoms with van der Waals surface area (Å²) in [5, 5.41) is 0. The highest BCUT2D eigenvalue weighted by Crippen LogP contribution is 2.03. The first-order valence-electron chi connectivity index (χ1n) is 6.30. The molecule has 0 spiro atoms. The molecule has 90 valence electrons. The summed E-state index contributed by atoms with van der Waals surface area (Å²) in [6.45, 7) is 5.61. The smallest absolute Gasteiger partial charge is 0.0466 e. The van der Waals surface area contributed by atoms with Gasteiger partial charge in [0.25, 0.3) is 0 Å². The number of ether oxygens (including phenoxy) is 1. The predicted molar refractivity (Wildman–Crippen MR) is 72.5 cm³/mol. The minimum atomic E-state index is 0.945. The highest BCUT2D eigenvalue weighted by Gasteiger charge is 1.91. The first kappa shape index (κ1) is 15.1. The van der Waals surface area contributed by atoms with Gasteiger partial charge in [-0.25, -0.2) is 0 Å². The summed E-state index contributed by atoms with van der Waals surface area (Å²) in [6, 6.07) is 0. The monoisotopic (exact) mass is 230 g/mol. The third-order valence-corrected chi connectivity index (χ3v) is 2.85. The highest BCUT2D eigenvalue weighted by molar-refractivity contribution is 7.16. The molecule has 0 bridgehead atoms. The number of rotatable bonds is 12. The van der Waals surface area contributed by atoms with Gasteiger partial charge in [0.15, 0.2) is 0 Å². The Kier molecular flexibility index (Phi) is 14.3. The van der Waals surface area contributed by atoms with E-state index >= 15 is 0 Å². The highest BCUT2D eigenvalue weighted by atomic mass is 31.0. The van der Waals surface area contributed by atoms with E-state index in [-0.39, 0.29) is 0 Å². The molecule has 0 N–H and O–H groups in total. The molecule has 0 aromatic carbocycles. The molecule has 0 saturated carbocycles. The Bertz CT molecular complexity index is 126. The maximum Gasteiger partial charge on any atom is 0.0466 e. The average molecular weight is 230 g/mol. The van der Waals surface area contributed by atoms with Gasteiger partial charge in [0.2, 0.25) is 0 Å². The van der Waals surface area contributed by atoms with E-state index in [1.165, 1.54) is 51.1 Å². The van der Waals surface area contributed by atoms with Gasteiger partial charge in [0.1, 0.15) is 0 Å². The van der Waals surface area contributed by atoms with Gasteiger partial charge >= 0.3 is 0 Å². The van der Waals surface area contributed by atoms with Gasteiger partial charge in [0, 0.05) is 13.2 Å². The number of hydrogen-bond acceptors (Lipinski definition) is 1. The molecule has 15 heavy (non-hydrogen) atoms. The van der Waals surface area contributed by atoms with E-state index in [9.17, 15) is 0 Å². The van der Waals surface area contributed by atoms with Gasteiger partial charge in [0.05, 0.1) is 0 Å². The lowest BCUT2D eigenvalue weighted by Crippen LogP contribution is -1.97. The summed E-state index contributed by atoms with van der Waals surface area (Å²) in [5.41, 5.74) is 0. The Hall–Kier alpha value is 0.130. The second-order valence-electron chi connectivity index (χ2n) is 3.95. The fourth-order valence-electron chi connectivity index (χ4n) is 1.47. The Labute approximate surface area is 97.9 Å². The van der Waals surface area contributed by atoms with Crippen LogP contribution in [0.5, 0.6) is 0 Å². The molecule has 0 amide bonds. The van der Waals surface area contributed by atoms with Gasteiger partial charge in [-0.2, -0.15) is 0 Å². The Morgan fingerprint density at radius 1 is 0.867 bits per heavy atom. The summed E-state index contributed by atoms with van der Waals surface area (Å²) in [4.78, 5) is 0. The first-order chi connectivity index (χ1) is 7.41. The third-order valence-electron chi connectivity index (χ3n) is 2.44. The molecule has 0 rings (SSSR count). The number of allylic oxidation sites excluding steroid dienone is 1. The van der Waals surface area contributed by atoms with Crippen LogP contribution in [-0.4, -0.2) is 19.4 Å². The minimum Gasteiger partial charge on any atom is -0.381 e. The summed E-state index contributed by atoms with van der Waals surface area (Å²) < 4.78 is 5.56. The third kappa shape index (κ3) is 14.1. The molecule has 0 aromatic rings. The molecule has 0 saturated heterocycles. The summed E-state index contributed by atoms with van der Waals surface area (Å²) in [5.74, 6) is 0. The van der Waals surface area contributed by atoms with Crippen LogP contribution in [-0.2, 0) is 4.74 Å². The summed E-state index contributed by atoms with van der Waals surface area (Å²) in [6.07, 6.45) is 13.4. The lowest BCUT2D eigenvalue weighted by Gasteiger charge is -2.03. The molecule has 0 aliphatic rings. The van der Waals surface area contributed by atoms with E-state index in [0.717, 1.165) is 19.6 Å². The van der Waals surface area contributed by atoms with E-state index in [4.69, 9.17) is 4.74 Å². The molecule has 2 heteroatoms. The molecular formula is C13H27OP. The average Bonchev–Trinajstić information content (AvgIpc) is 2.26. The Morgan fingerprint density at radius 2 is 1.47 bits per heavy atom. The lowest BCUT2D eigenvalue weighted by atomic mass is 10.2. The summed E-state index contributed by atoms with van der Waals surface area (Å²) >= 11 is 0. The normalized spacial score (nSPS) is 10.5. The van der Waals surface area contributed by atoms with Gasteiger partial charge in [-0.05, 0) is 38.3 Å². The zero-order chi connectivity index (χ0) is 11.2. The van der Waals surface area contributed by atoms with Crippen molar-refractivity contribution in [3.63, 3.8) is 0 Å². The van der Waals surface area contributed by atoms with Crippen LogP contribution in [0.1, 0.15) is 51.4 Å². The molecule has 1 unspecified atom stereocenters. The molecule has 0 aliphatic carbocycles. The van der Waals surface area contributed by atoms with E-state index in [2.05, 4.69) is 15.8 Å². The zero-order valence-corrected chi connectivity index (χ0v) is 11.2. The van der Waals surface area contributed by atoms with Crippen LogP contribution in [0.25, 0.3) is 0 Å². The van der Waals surface area contributed by atoms with Crippen LogP contribution < -0.4 is 0 Å². The molecule has 0 fully saturated rings. The Morgan fingerprint density at radius 3 is 2.07 bits per heavy atom. The molecule has 0 heterocycles. The van der Waals surface area contributed by atoms with Crippen molar-refractivity contribution in [1.29, 1.82) is 0 Å². The van der Waals surface area contributed by atoms with Crippen molar-refractivity contribution in [2.75, 3.05) is 19.4 Å². The quantitative estimate of drug-likeness (QED) is 0.277. The van der Waals surface area contributed by atoms with Gasteiger partial charge in [-0.1, -0.05) is 25.3 Å². The Balaban J connectivity index is 2.83. The van der Waals surface area contributed by atoms with Crippen molar-refractivity contribution in [2.24, 2.45) is 0 Å². The standard InChI is InChI=1S/C13H27OP/c1-2-3-4-5-8-11-14-12-9-6-7-10-13-15/h2H,1,3-13,15H2. The van der Waals surface area contributed by atoms with Crippen molar-refractivity contribution in [1.82, 2.24) is 0 Å². The maximum absolute atomic E-state index is 5.56. The molecule has 0 aliphatic heterocycles. The minimum absolute atomic E-state index is 0.945. The van der Waals surface area contributed by atoms with Crippen LogP contribution in [0.4, 0.5) is 0 Å². The molecule has 0 radical (unpaired) electrons. The molecule has 1 nitrogen and oxygen atoms in total. The van der Waals surface area contributed by atoms with Gasteiger partial charge in [-0.3, -0.25) is 0 Å². The van der Waals surface area contributed by atoms with Crippen LogP contribution in [0.3, 0.4) is 0 Å². The fraction of sp³-hybridized carbons (Fsp3) is 0.846. The van der Waals surface area contributed by atoms with Crippen LogP contribution >= 0.6 is 9.24 Å². The summed E-state index contributed by atoms with van der Waals surface area (Å²) in [7, 11) is 2.78. The lowest BCUT2D eigenvalue weighted by molar-refractivity contribution is 0.126. The fourth-order valence-corrected chi connectivity index (χ4v) is 1.76.